The summed E-state index contributed by atoms with van der Waals surface area (Å²) >= 11 is 3.42. The van der Waals surface area contributed by atoms with Gasteiger partial charge in [0, 0.05) is 17.1 Å². The van der Waals surface area contributed by atoms with E-state index in [9.17, 15) is 9.59 Å². The molecule has 2 aromatic heterocycles. The monoisotopic (exact) mass is 453 g/mol. The van der Waals surface area contributed by atoms with Gasteiger partial charge in [-0.1, -0.05) is 40.2 Å². The molecule has 29 heavy (non-hydrogen) atoms. The maximum atomic E-state index is 12.7. The Morgan fingerprint density at radius 2 is 1.72 bits per heavy atom. The highest BCUT2D eigenvalue weighted by Gasteiger charge is 2.15. The fourth-order valence-electron chi connectivity index (χ4n) is 3.38. The molecule has 0 aliphatic heterocycles. The molecule has 0 radical (unpaired) electrons. The topological polar surface area (TPSA) is 73.8 Å². The molecule has 4 aromatic rings. The number of benzene rings is 2. The zero-order valence-corrected chi connectivity index (χ0v) is 17.5. The number of nitrogens with zero attached hydrogens (tertiary/aromatic N) is 4. The summed E-state index contributed by atoms with van der Waals surface area (Å²) in [5, 5.41) is 7.17. The first kappa shape index (κ1) is 19.2. The lowest BCUT2D eigenvalue weighted by molar-refractivity contribution is -0.116. The Morgan fingerprint density at radius 1 is 1.03 bits per heavy atom. The van der Waals surface area contributed by atoms with Crippen LogP contribution in [-0.4, -0.2) is 24.8 Å². The number of nitrogens with one attached hydrogen (secondary N) is 1. The van der Waals surface area contributed by atoms with Crippen LogP contribution in [0.15, 0.2) is 70.1 Å². The van der Waals surface area contributed by atoms with E-state index in [0.717, 1.165) is 21.1 Å². The summed E-state index contributed by atoms with van der Waals surface area (Å²) in [4.78, 5) is 25.4. The number of hydrogen-bond acceptors (Lipinski definition) is 3. The first-order valence-corrected chi connectivity index (χ1v) is 10.1. The summed E-state index contributed by atoms with van der Waals surface area (Å²) in [7, 11) is 0. The molecule has 0 unspecified atom stereocenters. The average Bonchev–Trinajstić information content (AvgIpc) is 3.25. The Morgan fingerprint density at radius 3 is 2.41 bits per heavy atom. The van der Waals surface area contributed by atoms with Crippen LogP contribution in [0.4, 0.5) is 5.82 Å². The van der Waals surface area contributed by atoms with Crippen LogP contribution in [0.5, 0.6) is 0 Å². The molecule has 1 N–H and O–H groups in total. The number of aryl methyl sites for hydroxylation is 1. The van der Waals surface area contributed by atoms with E-state index in [1.165, 1.54) is 4.57 Å². The second-order valence-electron chi connectivity index (χ2n) is 6.65. The summed E-state index contributed by atoms with van der Waals surface area (Å²) in [6.07, 6.45) is 1.64. The minimum absolute atomic E-state index is 0.0597. The fourth-order valence-corrected chi connectivity index (χ4v) is 3.65. The summed E-state index contributed by atoms with van der Waals surface area (Å²) < 4.78 is 5.90. The third kappa shape index (κ3) is 3.88. The Labute approximate surface area is 175 Å². The van der Waals surface area contributed by atoms with Gasteiger partial charge in [-0.2, -0.15) is 5.10 Å². The van der Waals surface area contributed by atoms with E-state index in [4.69, 9.17) is 0 Å². The number of para-hydroxylation sites is 2. The normalized spacial score (nSPS) is 11.1. The number of fused-ring (bicyclic) bond motifs is 1. The van der Waals surface area contributed by atoms with Gasteiger partial charge in [0.15, 0.2) is 0 Å². The highest BCUT2D eigenvalue weighted by Crippen LogP contribution is 2.15. The van der Waals surface area contributed by atoms with Crippen molar-refractivity contribution in [1.29, 1.82) is 0 Å². The van der Waals surface area contributed by atoms with Crippen LogP contribution in [-0.2, 0) is 24.4 Å². The number of rotatable bonds is 6. The lowest BCUT2D eigenvalue weighted by Crippen LogP contribution is -2.29. The first-order chi connectivity index (χ1) is 14.1. The van der Waals surface area contributed by atoms with Gasteiger partial charge in [-0.3, -0.25) is 13.9 Å². The standard InChI is InChI=1S/C21H20BrN5O2/c1-2-25-17-5-3-4-6-18(17)26(21(25)29)14-20(28)24-19-11-12-23-27(19)13-15-7-9-16(22)10-8-15/h3-12H,2,13-14H2,1H3,(H,24,28). The van der Waals surface area contributed by atoms with Crippen molar-refractivity contribution in [3.8, 4) is 0 Å². The molecule has 0 atom stereocenters. The quantitative estimate of drug-likeness (QED) is 0.485. The van der Waals surface area contributed by atoms with Crippen molar-refractivity contribution in [1.82, 2.24) is 18.9 Å². The van der Waals surface area contributed by atoms with Gasteiger partial charge in [-0.05, 0) is 36.8 Å². The Bertz CT molecular complexity index is 1220. The molecule has 7 nitrogen and oxygen atoms in total. The van der Waals surface area contributed by atoms with Crippen LogP contribution < -0.4 is 11.0 Å². The molecule has 0 aliphatic carbocycles. The van der Waals surface area contributed by atoms with Gasteiger partial charge in [0.2, 0.25) is 5.91 Å². The third-order valence-electron chi connectivity index (χ3n) is 4.77. The number of carbonyl (C=O) groups excluding carboxylic acids is 1. The van der Waals surface area contributed by atoms with Gasteiger partial charge in [-0.25, -0.2) is 9.48 Å². The predicted octanol–water partition coefficient (Wildman–Crippen LogP) is 3.47. The van der Waals surface area contributed by atoms with Crippen molar-refractivity contribution in [3.63, 3.8) is 0 Å². The van der Waals surface area contributed by atoms with E-state index >= 15 is 0 Å². The molecule has 0 spiro atoms. The van der Waals surface area contributed by atoms with Crippen LogP contribution in [0.2, 0.25) is 0 Å². The van der Waals surface area contributed by atoms with E-state index in [1.54, 1.807) is 21.5 Å². The van der Waals surface area contributed by atoms with Gasteiger partial charge in [0.1, 0.15) is 12.4 Å². The Hall–Kier alpha value is -3.13. The van der Waals surface area contributed by atoms with Crippen LogP contribution in [0.1, 0.15) is 12.5 Å². The molecule has 4 rings (SSSR count). The van der Waals surface area contributed by atoms with Crippen LogP contribution in [0.25, 0.3) is 11.0 Å². The van der Waals surface area contributed by atoms with Gasteiger partial charge in [0.25, 0.3) is 0 Å². The van der Waals surface area contributed by atoms with Crippen molar-refractivity contribution >= 4 is 38.7 Å². The molecule has 0 saturated heterocycles. The van der Waals surface area contributed by atoms with Gasteiger partial charge < -0.3 is 5.32 Å². The van der Waals surface area contributed by atoms with Crippen LogP contribution in [0, 0.1) is 0 Å². The minimum Gasteiger partial charge on any atom is -0.309 e. The van der Waals surface area contributed by atoms with Gasteiger partial charge >= 0.3 is 5.69 Å². The summed E-state index contributed by atoms with van der Waals surface area (Å²) in [5.74, 6) is 0.314. The minimum atomic E-state index is -0.274. The van der Waals surface area contributed by atoms with E-state index in [-0.39, 0.29) is 18.1 Å². The largest absolute Gasteiger partial charge is 0.329 e. The highest BCUT2D eigenvalue weighted by molar-refractivity contribution is 9.10. The van der Waals surface area contributed by atoms with Gasteiger partial charge in [-0.15, -0.1) is 0 Å². The van der Waals surface area contributed by atoms with Crippen LogP contribution in [0.3, 0.4) is 0 Å². The molecule has 8 heteroatoms. The van der Waals surface area contributed by atoms with Crippen molar-refractivity contribution in [2.24, 2.45) is 0 Å². The second-order valence-corrected chi connectivity index (χ2v) is 7.57. The number of amides is 1. The molecule has 148 valence electrons. The number of imidazole rings is 1. The lowest BCUT2D eigenvalue weighted by Gasteiger charge is -2.10. The SMILES string of the molecule is CCn1c(=O)n(CC(=O)Nc2ccnn2Cc2ccc(Br)cc2)c2ccccc21. The van der Waals surface area contributed by atoms with Crippen molar-refractivity contribution in [3.05, 3.63) is 81.3 Å². The van der Waals surface area contributed by atoms with E-state index in [1.807, 2.05) is 55.5 Å². The molecule has 0 fully saturated rings. The number of carbonyl (C=O) groups is 1. The molecular weight excluding hydrogens is 434 g/mol. The predicted molar refractivity (Wildman–Crippen MR) is 116 cm³/mol. The van der Waals surface area contributed by atoms with Crippen molar-refractivity contribution < 1.29 is 4.79 Å². The third-order valence-corrected chi connectivity index (χ3v) is 5.30. The molecular formula is C21H20BrN5O2. The van der Waals surface area contributed by atoms with Crippen molar-refractivity contribution in [2.45, 2.75) is 26.6 Å². The summed E-state index contributed by atoms with van der Waals surface area (Å²) in [5.41, 5.74) is 2.45. The fraction of sp³-hybridized carbons (Fsp3) is 0.190. The molecule has 0 saturated carbocycles. The average molecular weight is 454 g/mol. The van der Waals surface area contributed by atoms with Gasteiger partial charge in [0.05, 0.1) is 23.8 Å². The van der Waals surface area contributed by atoms with E-state index in [0.29, 0.717) is 18.9 Å². The summed E-state index contributed by atoms with van der Waals surface area (Å²) in [6.45, 7) is 2.94. The number of anilines is 1. The lowest BCUT2D eigenvalue weighted by atomic mass is 10.2. The molecule has 2 aromatic carbocycles. The number of halogens is 1. The number of aromatic nitrogens is 4. The molecule has 0 bridgehead atoms. The van der Waals surface area contributed by atoms with Crippen molar-refractivity contribution in [2.75, 3.05) is 5.32 Å². The van der Waals surface area contributed by atoms with Crippen LogP contribution >= 0.6 is 15.9 Å². The second kappa shape index (κ2) is 8.08. The Balaban J connectivity index is 1.54. The molecule has 0 aliphatic rings. The molecule has 2 heterocycles. The molecule has 1 amide bonds. The first-order valence-electron chi connectivity index (χ1n) is 9.31. The summed E-state index contributed by atoms with van der Waals surface area (Å²) in [6, 6.07) is 17.2. The zero-order chi connectivity index (χ0) is 20.4. The zero-order valence-electron chi connectivity index (χ0n) is 15.9. The smallest absolute Gasteiger partial charge is 0.309 e. The number of hydrogen-bond donors (Lipinski definition) is 1. The van der Waals surface area contributed by atoms with E-state index in [2.05, 4.69) is 26.3 Å². The Kier molecular flexibility index (Phi) is 5.35. The highest BCUT2D eigenvalue weighted by atomic mass is 79.9. The maximum absolute atomic E-state index is 12.7. The van der Waals surface area contributed by atoms with E-state index < -0.39 is 0 Å². The maximum Gasteiger partial charge on any atom is 0.329 e.